The standard InChI is InChI=1S/C17H28BrN5O2/c1-10-16(18)11(2)23(22-10)12(3)17(25)21-14-6-4-13(5-7-14)20-15(24)8-9-19/h12-14H,4-9,19H2,1-3H3,(H,20,24)(H,21,25). The van der Waals surface area contributed by atoms with Crippen molar-refractivity contribution in [2.24, 2.45) is 5.73 Å². The molecule has 1 saturated carbocycles. The lowest BCUT2D eigenvalue weighted by molar-refractivity contribution is -0.125. The monoisotopic (exact) mass is 413 g/mol. The fraction of sp³-hybridized carbons (Fsp3) is 0.706. The number of carbonyl (C=O) groups is 2. The van der Waals surface area contributed by atoms with E-state index in [9.17, 15) is 9.59 Å². The smallest absolute Gasteiger partial charge is 0.244 e. The second-order valence-corrected chi connectivity index (χ2v) is 7.56. The van der Waals surface area contributed by atoms with Crippen LogP contribution in [0.2, 0.25) is 0 Å². The van der Waals surface area contributed by atoms with Crippen LogP contribution in [-0.2, 0) is 9.59 Å². The SMILES string of the molecule is Cc1nn(C(C)C(=O)NC2CCC(NC(=O)CCN)CC2)c(C)c1Br. The predicted octanol–water partition coefficient (Wildman–Crippen LogP) is 1.72. The maximum atomic E-state index is 12.6. The third kappa shape index (κ3) is 5.04. The van der Waals surface area contributed by atoms with Crippen molar-refractivity contribution >= 4 is 27.7 Å². The summed E-state index contributed by atoms with van der Waals surface area (Å²) in [6, 6.07) is -0.0124. The van der Waals surface area contributed by atoms with Gasteiger partial charge in [0.05, 0.1) is 15.9 Å². The van der Waals surface area contributed by atoms with Crippen molar-refractivity contribution in [1.29, 1.82) is 0 Å². The Labute approximate surface area is 157 Å². The van der Waals surface area contributed by atoms with E-state index in [-0.39, 0.29) is 29.9 Å². The van der Waals surface area contributed by atoms with E-state index in [1.165, 1.54) is 0 Å². The topological polar surface area (TPSA) is 102 Å². The summed E-state index contributed by atoms with van der Waals surface area (Å²) in [6.07, 6.45) is 3.86. The number of nitrogens with zero attached hydrogens (tertiary/aromatic N) is 2. The molecule has 0 radical (unpaired) electrons. The van der Waals surface area contributed by atoms with Gasteiger partial charge in [-0.2, -0.15) is 5.10 Å². The van der Waals surface area contributed by atoms with Gasteiger partial charge >= 0.3 is 0 Å². The van der Waals surface area contributed by atoms with Gasteiger partial charge in [-0.3, -0.25) is 14.3 Å². The molecule has 1 heterocycles. The highest BCUT2D eigenvalue weighted by atomic mass is 79.9. The first-order valence-electron chi connectivity index (χ1n) is 8.84. The average Bonchev–Trinajstić information content (AvgIpc) is 2.83. The third-order valence-corrected chi connectivity index (χ3v) is 5.94. The number of aromatic nitrogens is 2. The highest BCUT2D eigenvalue weighted by Gasteiger charge is 2.26. The van der Waals surface area contributed by atoms with E-state index in [2.05, 4.69) is 31.7 Å². The number of nitrogens with two attached hydrogens (primary N) is 1. The molecule has 0 bridgehead atoms. The lowest BCUT2D eigenvalue weighted by Crippen LogP contribution is -2.45. The van der Waals surface area contributed by atoms with Crippen LogP contribution in [0.5, 0.6) is 0 Å². The van der Waals surface area contributed by atoms with Gasteiger partial charge in [0, 0.05) is 25.0 Å². The molecule has 25 heavy (non-hydrogen) atoms. The second kappa shape index (κ2) is 8.80. The summed E-state index contributed by atoms with van der Waals surface area (Å²) in [6.45, 7) is 6.10. The van der Waals surface area contributed by atoms with Crippen molar-refractivity contribution < 1.29 is 9.59 Å². The number of halogens is 1. The van der Waals surface area contributed by atoms with Crippen molar-refractivity contribution in [3.63, 3.8) is 0 Å². The molecule has 4 N–H and O–H groups in total. The Balaban J connectivity index is 1.84. The third-order valence-electron chi connectivity index (χ3n) is 4.79. The van der Waals surface area contributed by atoms with Crippen LogP contribution in [0.4, 0.5) is 0 Å². The van der Waals surface area contributed by atoms with Gasteiger partial charge in [0.15, 0.2) is 0 Å². The summed E-state index contributed by atoms with van der Waals surface area (Å²) in [5.41, 5.74) is 7.22. The molecule has 1 fully saturated rings. The molecular formula is C17H28BrN5O2. The van der Waals surface area contributed by atoms with Crippen molar-refractivity contribution in [1.82, 2.24) is 20.4 Å². The van der Waals surface area contributed by atoms with Crippen LogP contribution in [0, 0.1) is 13.8 Å². The molecule has 1 atom stereocenters. The molecular weight excluding hydrogens is 386 g/mol. The molecule has 140 valence electrons. The molecule has 8 heteroatoms. The van der Waals surface area contributed by atoms with Crippen LogP contribution >= 0.6 is 15.9 Å². The van der Waals surface area contributed by atoms with Crippen LogP contribution < -0.4 is 16.4 Å². The fourth-order valence-electron chi connectivity index (χ4n) is 3.27. The number of rotatable bonds is 6. The van der Waals surface area contributed by atoms with Gasteiger partial charge in [-0.1, -0.05) is 0 Å². The molecule has 1 aliphatic rings. The minimum Gasteiger partial charge on any atom is -0.353 e. The van der Waals surface area contributed by atoms with Gasteiger partial charge in [-0.15, -0.1) is 0 Å². The van der Waals surface area contributed by atoms with E-state index in [4.69, 9.17) is 5.73 Å². The predicted molar refractivity (Wildman–Crippen MR) is 100 cm³/mol. The highest BCUT2D eigenvalue weighted by Crippen LogP contribution is 2.24. The minimum atomic E-state index is -0.355. The lowest BCUT2D eigenvalue weighted by atomic mass is 9.91. The molecule has 0 aliphatic heterocycles. The first-order valence-corrected chi connectivity index (χ1v) is 9.63. The van der Waals surface area contributed by atoms with Crippen LogP contribution in [0.25, 0.3) is 0 Å². The molecule has 1 aromatic rings. The first-order chi connectivity index (χ1) is 11.8. The Hall–Kier alpha value is -1.41. The largest absolute Gasteiger partial charge is 0.353 e. The quantitative estimate of drug-likeness (QED) is 0.660. The summed E-state index contributed by atoms with van der Waals surface area (Å²) in [5.74, 6) is -0.00701. The van der Waals surface area contributed by atoms with Crippen LogP contribution in [0.1, 0.15) is 56.5 Å². The molecule has 1 aliphatic carbocycles. The zero-order valence-electron chi connectivity index (χ0n) is 15.1. The summed E-state index contributed by atoms with van der Waals surface area (Å²) in [4.78, 5) is 24.2. The minimum absolute atomic E-state index is 0.0127. The Bertz CT molecular complexity index is 623. The van der Waals surface area contributed by atoms with Gasteiger partial charge in [0.2, 0.25) is 11.8 Å². The van der Waals surface area contributed by atoms with Crippen molar-refractivity contribution in [2.45, 2.75) is 71.0 Å². The maximum Gasteiger partial charge on any atom is 0.244 e. The Morgan fingerprint density at radius 1 is 1.24 bits per heavy atom. The average molecular weight is 414 g/mol. The van der Waals surface area contributed by atoms with E-state index < -0.39 is 0 Å². The van der Waals surface area contributed by atoms with Gasteiger partial charge in [-0.25, -0.2) is 0 Å². The molecule has 0 aromatic carbocycles. The van der Waals surface area contributed by atoms with Crippen LogP contribution in [-0.4, -0.2) is 40.2 Å². The number of aryl methyl sites for hydroxylation is 1. The summed E-state index contributed by atoms with van der Waals surface area (Å²) in [5, 5.41) is 10.6. The first kappa shape index (κ1) is 19.9. The van der Waals surface area contributed by atoms with Gasteiger partial charge < -0.3 is 16.4 Å². The Morgan fingerprint density at radius 3 is 2.28 bits per heavy atom. The van der Waals surface area contributed by atoms with E-state index in [1.54, 1.807) is 4.68 Å². The molecule has 7 nitrogen and oxygen atoms in total. The zero-order valence-corrected chi connectivity index (χ0v) is 16.7. The Kier molecular flexibility index (Phi) is 7.01. The summed E-state index contributed by atoms with van der Waals surface area (Å²) in [7, 11) is 0. The van der Waals surface area contributed by atoms with Gasteiger partial charge in [0.25, 0.3) is 0 Å². The van der Waals surface area contributed by atoms with Crippen LogP contribution in [0.3, 0.4) is 0 Å². The highest BCUT2D eigenvalue weighted by molar-refractivity contribution is 9.10. The summed E-state index contributed by atoms with van der Waals surface area (Å²) < 4.78 is 2.70. The normalized spacial score (nSPS) is 21.6. The van der Waals surface area contributed by atoms with Crippen molar-refractivity contribution in [3.05, 3.63) is 15.9 Å². The molecule has 1 unspecified atom stereocenters. The summed E-state index contributed by atoms with van der Waals surface area (Å²) >= 11 is 3.50. The van der Waals surface area contributed by atoms with E-state index in [0.717, 1.165) is 41.5 Å². The van der Waals surface area contributed by atoms with Crippen molar-refractivity contribution in [3.8, 4) is 0 Å². The molecule has 0 saturated heterocycles. The number of hydrogen-bond acceptors (Lipinski definition) is 4. The fourth-order valence-corrected chi connectivity index (χ4v) is 3.53. The van der Waals surface area contributed by atoms with E-state index in [0.29, 0.717) is 13.0 Å². The zero-order chi connectivity index (χ0) is 18.6. The van der Waals surface area contributed by atoms with Gasteiger partial charge in [-0.05, 0) is 62.4 Å². The molecule has 2 rings (SSSR count). The van der Waals surface area contributed by atoms with Crippen molar-refractivity contribution in [2.75, 3.05) is 6.54 Å². The number of amides is 2. The van der Waals surface area contributed by atoms with E-state index >= 15 is 0 Å². The molecule has 0 spiro atoms. The number of hydrogen-bond donors (Lipinski definition) is 3. The number of nitrogens with one attached hydrogen (secondary N) is 2. The maximum absolute atomic E-state index is 12.6. The van der Waals surface area contributed by atoms with E-state index in [1.807, 2.05) is 20.8 Å². The van der Waals surface area contributed by atoms with Gasteiger partial charge in [0.1, 0.15) is 6.04 Å². The molecule has 2 amide bonds. The molecule has 1 aromatic heterocycles. The number of carbonyl (C=O) groups excluding carboxylic acids is 2. The Morgan fingerprint density at radius 2 is 1.80 bits per heavy atom. The van der Waals surface area contributed by atoms with Crippen LogP contribution in [0.15, 0.2) is 4.47 Å². The lowest BCUT2D eigenvalue weighted by Gasteiger charge is -2.30. The second-order valence-electron chi connectivity index (χ2n) is 6.77.